The molecule has 1 aromatic rings. The fourth-order valence-electron chi connectivity index (χ4n) is 2.25. The summed E-state index contributed by atoms with van der Waals surface area (Å²) in [6.07, 6.45) is 0.880. The van der Waals surface area contributed by atoms with E-state index in [4.69, 9.17) is 5.11 Å². The molecule has 0 radical (unpaired) electrons. The first-order valence-electron chi connectivity index (χ1n) is 6.38. The molecule has 108 valence electrons. The van der Waals surface area contributed by atoms with E-state index in [1.165, 1.54) is 0 Å². The van der Waals surface area contributed by atoms with Gasteiger partial charge in [-0.25, -0.2) is 9.59 Å². The number of hydrogen-bond acceptors (Lipinski definition) is 4. The van der Waals surface area contributed by atoms with E-state index in [-0.39, 0.29) is 19.0 Å². The van der Waals surface area contributed by atoms with Crippen molar-refractivity contribution in [2.24, 2.45) is 0 Å². The highest BCUT2D eigenvalue weighted by Crippen LogP contribution is 2.19. The van der Waals surface area contributed by atoms with Crippen LogP contribution in [0.15, 0.2) is 24.4 Å². The number of urea groups is 1. The number of β-amino-alcohol motifs (C(OH)–C–C–N with tert-alkyl or cyclic N) is 1. The third-order valence-corrected chi connectivity index (χ3v) is 3.30. The van der Waals surface area contributed by atoms with Crippen LogP contribution in [0.4, 0.5) is 4.79 Å². The number of aliphatic hydroxyl groups is 1. The van der Waals surface area contributed by atoms with Gasteiger partial charge in [0.15, 0.2) is 0 Å². The third-order valence-electron chi connectivity index (χ3n) is 3.30. The van der Waals surface area contributed by atoms with E-state index < -0.39 is 24.1 Å². The quantitative estimate of drug-likeness (QED) is 0.742. The van der Waals surface area contributed by atoms with Gasteiger partial charge in [0.1, 0.15) is 6.04 Å². The largest absolute Gasteiger partial charge is 0.480 e. The second kappa shape index (κ2) is 5.87. The Morgan fingerprint density at radius 1 is 1.50 bits per heavy atom. The van der Waals surface area contributed by atoms with Crippen molar-refractivity contribution in [3.05, 3.63) is 30.1 Å². The molecule has 1 aromatic heterocycles. The predicted octanol–water partition coefficient (Wildman–Crippen LogP) is 0.372. The van der Waals surface area contributed by atoms with Crippen LogP contribution in [0.3, 0.4) is 0 Å². The van der Waals surface area contributed by atoms with Gasteiger partial charge < -0.3 is 20.4 Å². The summed E-state index contributed by atoms with van der Waals surface area (Å²) in [6.45, 7) is 1.79. The fourth-order valence-corrected chi connectivity index (χ4v) is 2.25. The summed E-state index contributed by atoms with van der Waals surface area (Å²) in [4.78, 5) is 28.4. The van der Waals surface area contributed by atoms with E-state index in [1.807, 2.05) is 6.07 Å². The van der Waals surface area contributed by atoms with E-state index in [9.17, 15) is 14.7 Å². The van der Waals surface area contributed by atoms with E-state index >= 15 is 0 Å². The predicted molar refractivity (Wildman–Crippen MR) is 69.9 cm³/mol. The van der Waals surface area contributed by atoms with Gasteiger partial charge in [0.25, 0.3) is 0 Å². The van der Waals surface area contributed by atoms with Crippen LogP contribution in [0.5, 0.6) is 0 Å². The monoisotopic (exact) mass is 279 g/mol. The highest BCUT2D eigenvalue weighted by molar-refractivity contribution is 5.83. The standard InChI is InChI=1S/C13H17N3O4/c1-8(10-4-2-3-5-14-10)15-13(20)16-7-9(17)6-11(16)12(18)19/h2-5,8-9,11,17H,6-7H2,1H3,(H,15,20)(H,18,19). The maximum absolute atomic E-state index is 12.1. The zero-order chi connectivity index (χ0) is 14.7. The number of carbonyl (C=O) groups excluding carboxylic acids is 1. The molecule has 1 saturated heterocycles. The first kappa shape index (κ1) is 14.3. The van der Waals surface area contributed by atoms with Gasteiger partial charge in [-0.15, -0.1) is 0 Å². The number of carboxylic acids is 1. The van der Waals surface area contributed by atoms with E-state index in [0.717, 1.165) is 4.90 Å². The molecule has 7 heteroatoms. The molecule has 0 aliphatic carbocycles. The molecule has 2 heterocycles. The Hall–Kier alpha value is -2.15. The summed E-state index contributed by atoms with van der Waals surface area (Å²) in [5.74, 6) is -1.11. The molecule has 0 spiro atoms. The molecule has 3 N–H and O–H groups in total. The van der Waals surface area contributed by atoms with Crippen molar-refractivity contribution in [1.82, 2.24) is 15.2 Å². The Morgan fingerprint density at radius 2 is 2.25 bits per heavy atom. The number of carbonyl (C=O) groups is 2. The number of pyridine rings is 1. The first-order valence-corrected chi connectivity index (χ1v) is 6.38. The summed E-state index contributed by atoms with van der Waals surface area (Å²) in [5, 5.41) is 21.3. The van der Waals surface area contributed by atoms with Crippen molar-refractivity contribution in [3.63, 3.8) is 0 Å². The average Bonchev–Trinajstić information content (AvgIpc) is 2.82. The Kier molecular flexibility index (Phi) is 4.19. The average molecular weight is 279 g/mol. The number of likely N-dealkylation sites (tertiary alicyclic amines) is 1. The number of rotatable bonds is 3. The number of aliphatic carboxylic acids is 1. The number of nitrogens with zero attached hydrogens (tertiary/aromatic N) is 2. The molecular formula is C13H17N3O4. The zero-order valence-corrected chi connectivity index (χ0v) is 11.1. The van der Waals surface area contributed by atoms with Crippen LogP contribution in [0, 0.1) is 0 Å². The van der Waals surface area contributed by atoms with Gasteiger partial charge in [0.05, 0.1) is 17.8 Å². The molecule has 2 rings (SSSR count). The third kappa shape index (κ3) is 3.05. The molecular weight excluding hydrogens is 262 g/mol. The van der Waals surface area contributed by atoms with Gasteiger partial charge in [-0.2, -0.15) is 0 Å². The van der Waals surface area contributed by atoms with Crippen molar-refractivity contribution in [2.45, 2.75) is 31.5 Å². The number of aliphatic hydroxyl groups excluding tert-OH is 1. The minimum absolute atomic E-state index is 0.0255. The second-order valence-electron chi connectivity index (χ2n) is 4.82. The lowest BCUT2D eigenvalue weighted by atomic mass is 10.2. The molecule has 3 atom stereocenters. The first-order chi connectivity index (χ1) is 9.49. The van der Waals surface area contributed by atoms with Crippen molar-refractivity contribution in [2.75, 3.05) is 6.54 Å². The van der Waals surface area contributed by atoms with Crippen LogP contribution in [0.1, 0.15) is 25.1 Å². The van der Waals surface area contributed by atoms with Crippen molar-refractivity contribution in [1.29, 1.82) is 0 Å². The normalized spacial score (nSPS) is 23.4. The lowest BCUT2D eigenvalue weighted by molar-refractivity contribution is -0.141. The molecule has 0 aromatic carbocycles. The highest BCUT2D eigenvalue weighted by Gasteiger charge is 2.39. The van der Waals surface area contributed by atoms with Crippen LogP contribution < -0.4 is 5.32 Å². The van der Waals surface area contributed by atoms with Crippen LogP contribution in [0.2, 0.25) is 0 Å². The molecule has 20 heavy (non-hydrogen) atoms. The van der Waals surface area contributed by atoms with Crippen molar-refractivity contribution in [3.8, 4) is 0 Å². The molecule has 0 bridgehead atoms. The minimum Gasteiger partial charge on any atom is -0.480 e. The SMILES string of the molecule is CC(NC(=O)N1CC(O)CC1C(=O)O)c1ccccn1. The second-order valence-corrected chi connectivity index (χ2v) is 4.82. The summed E-state index contributed by atoms with van der Waals surface area (Å²) < 4.78 is 0. The lowest BCUT2D eigenvalue weighted by Crippen LogP contribution is -2.46. The fraction of sp³-hybridized carbons (Fsp3) is 0.462. The molecule has 1 aliphatic heterocycles. The summed E-state index contributed by atoms with van der Waals surface area (Å²) >= 11 is 0. The van der Waals surface area contributed by atoms with Crippen LogP contribution in [-0.2, 0) is 4.79 Å². The topological polar surface area (TPSA) is 103 Å². The van der Waals surface area contributed by atoms with Gasteiger partial charge in [-0.1, -0.05) is 6.07 Å². The molecule has 0 saturated carbocycles. The Labute approximate surface area is 116 Å². The van der Waals surface area contributed by atoms with E-state index in [0.29, 0.717) is 5.69 Å². The summed E-state index contributed by atoms with van der Waals surface area (Å²) in [6, 6.07) is 3.53. The molecule has 3 unspecified atom stereocenters. The van der Waals surface area contributed by atoms with Crippen molar-refractivity contribution >= 4 is 12.0 Å². The van der Waals surface area contributed by atoms with Gasteiger partial charge in [0.2, 0.25) is 0 Å². The van der Waals surface area contributed by atoms with E-state index in [1.54, 1.807) is 25.3 Å². The molecule has 7 nitrogen and oxygen atoms in total. The molecule has 1 aliphatic rings. The van der Waals surface area contributed by atoms with Gasteiger partial charge >= 0.3 is 12.0 Å². The lowest BCUT2D eigenvalue weighted by Gasteiger charge is -2.24. The Balaban J connectivity index is 2.02. The minimum atomic E-state index is -1.11. The Bertz CT molecular complexity index is 494. The van der Waals surface area contributed by atoms with Gasteiger partial charge in [-0.3, -0.25) is 4.98 Å². The highest BCUT2D eigenvalue weighted by atomic mass is 16.4. The van der Waals surface area contributed by atoms with Crippen LogP contribution in [0.25, 0.3) is 0 Å². The summed E-state index contributed by atoms with van der Waals surface area (Å²) in [5.41, 5.74) is 0.687. The van der Waals surface area contributed by atoms with Crippen molar-refractivity contribution < 1.29 is 19.8 Å². The maximum atomic E-state index is 12.1. The number of amides is 2. The number of carboxylic acid groups (broad SMARTS) is 1. The van der Waals surface area contributed by atoms with Crippen LogP contribution >= 0.6 is 0 Å². The number of hydrogen-bond donors (Lipinski definition) is 3. The van der Waals surface area contributed by atoms with E-state index in [2.05, 4.69) is 10.3 Å². The molecule has 1 fully saturated rings. The van der Waals surface area contributed by atoms with Gasteiger partial charge in [-0.05, 0) is 19.1 Å². The number of aromatic nitrogens is 1. The Morgan fingerprint density at radius 3 is 2.85 bits per heavy atom. The smallest absolute Gasteiger partial charge is 0.326 e. The molecule has 2 amide bonds. The number of nitrogens with one attached hydrogen (secondary N) is 1. The summed E-state index contributed by atoms with van der Waals surface area (Å²) in [7, 11) is 0. The van der Waals surface area contributed by atoms with Gasteiger partial charge in [0, 0.05) is 19.2 Å². The van der Waals surface area contributed by atoms with Crippen LogP contribution in [-0.4, -0.2) is 50.8 Å². The maximum Gasteiger partial charge on any atom is 0.326 e. The zero-order valence-electron chi connectivity index (χ0n) is 11.1.